The highest BCUT2D eigenvalue weighted by molar-refractivity contribution is 6.03. The highest BCUT2D eigenvalue weighted by Crippen LogP contribution is 2.26. The van der Waals surface area contributed by atoms with Crippen molar-refractivity contribution in [2.24, 2.45) is 0 Å². The van der Waals surface area contributed by atoms with Crippen LogP contribution in [0.3, 0.4) is 0 Å². The summed E-state index contributed by atoms with van der Waals surface area (Å²) < 4.78 is 5.31. The fourth-order valence-corrected chi connectivity index (χ4v) is 2.97. The summed E-state index contributed by atoms with van der Waals surface area (Å²) in [4.78, 5) is 21.2. The molecule has 2 aromatic carbocycles. The number of carbonyl (C=O) groups is 1. The van der Waals surface area contributed by atoms with E-state index in [1.54, 1.807) is 19.4 Å². The second-order valence-electron chi connectivity index (χ2n) is 6.32. The third-order valence-electron chi connectivity index (χ3n) is 4.16. The minimum atomic E-state index is -0.282. The first-order valence-corrected chi connectivity index (χ1v) is 8.60. The molecule has 1 heterocycles. The molecule has 0 aliphatic heterocycles. The number of ether oxygens (including phenoxy) is 1. The van der Waals surface area contributed by atoms with Crippen LogP contribution in [0.5, 0.6) is 5.75 Å². The van der Waals surface area contributed by atoms with Crippen molar-refractivity contribution in [3.05, 3.63) is 71.0 Å². The Kier molecular flexibility index (Phi) is 5.35. The molecule has 3 rings (SSSR count). The molecule has 0 aliphatic rings. The largest absolute Gasteiger partial charge is 0.495 e. The van der Waals surface area contributed by atoms with Crippen molar-refractivity contribution in [3.63, 3.8) is 0 Å². The molecule has 2 N–H and O–H groups in total. The molecule has 27 heavy (non-hydrogen) atoms. The third kappa shape index (κ3) is 4.23. The number of benzene rings is 2. The SMILES string of the molecule is COc1ccccc1Nc1nccc(C(=O)Nc2c(C)cc(C)cc2C)n1. The van der Waals surface area contributed by atoms with Crippen molar-refractivity contribution < 1.29 is 9.53 Å². The number of hydrogen-bond acceptors (Lipinski definition) is 5. The van der Waals surface area contributed by atoms with Crippen molar-refractivity contribution in [1.82, 2.24) is 9.97 Å². The van der Waals surface area contributed by atoms with Crippen LogP contribution in [0.4, 0.5) is 17.3 Å². The van der Waals surface area contributed by atoms with Gasteiger partial charge in [-0.15, -0.1) is 0 Å². The van der Waals surface area contributed by atoms with E-state index < -0.39 is 0 Å². The maximum Gasteiger partial charge on any atom is 0.274 e. The second kappa shape index (κ2) is 7.86. The van der Waals surface area contributed by atoms with Crippen LogP contribution in [0.1, 0.15) is 27.2 Å². The summed E-state index contributed by atoms with van der Waals surface area (Å²) in [5.74, 6) is 0.710. The number of para-hydroxylation sites is 2. The molecule has 0 bridgehead atoms. The van der Waals surface area contributed by atoms with Crippen molar-refractivity contribution in [2.75, 3.05) is 17.7 Å². The quantitative estimate of drug-likeness (QED) is 0.703. The van der Waals surface area contributed by atoms with Gasteiger partial charge >= 0.3 is 0 Å². The summed E-state index contributed by atoms with van der Waals surface area (Å²) in [6, 6.07) is 13.1. The average Bonchev–Trinajstić information content (AvgIpc) is 2.65. The summed E-state index contributed by atoms with van der Waals surface area (Å²) in [6.45, 7) is 5.99. The Morgan fingerprint density at radius 3 is 2.44 bits per heavy atom. The van der Waals surface area contributed by atoms with Crippen LogP contribution in [0.2, 0.25) is 0 Å². The molecule has 1 amide bonds. The summed E-state index contributed by atoms with van der Waals surface area (Å²) >= 11 is 0. The smallest absolute Gasteiger partial charge is 0.274 e. The van der Waals surface area contributed by atoms with Crippen molar-refractivity contribution in [3.8, 4) is 5.75 Å². The van der Waals surface area contributed by atoms with Crippen LogP contribution in [-0.4, -0.2) is 23.0 Å². The highest BCUT2D eigenvalue weighted by Gasteiger charge is 2.13. The van der Waals surface area contributed by atoms with Crippen LogP contribution in [0, 0.1) is 20.8 Å². The molecule has 1 aromatic heterocycles. The van der Waals surface area contributed by atoms with E-state index in [2.05, 4.69) is 20.6 Å². The number of methoxy groups -OCH3 is 1. The van der Waals surface area contributed by atoms with Gasteiger partial charge in [0.25, 0.3) is 5.91 Å². The van der Waals surface area contributed by atoms with Gasteiger partial charge in [-0.2, -0.15) is 0 Å². The first-order valence-electron chi connectivity index (χ1n) is 8.60. The molecule has 0 radical (unpaired) electrons. The first-order chi connectivity index (χ1) is 13.0. The fourth-order valence-electron chi connectivity index (χ4n) is 2.97. The minimum absolute atomic E-state index is 0.279. The molecule has 6 nitrogen and oxygen atoms in total. The molecule has 0 spiro atoms. The van der Waals surface area contributed by atoms with Crippen LogP contribution < -0.4 is 15.4 Å². The standard InChI is InChI=1S/C21H22N4O2/c1-13-11-14(2)19(15(3)12-13)25-20(26)17-9-10-22-21(24-17)23-16-7-5-6-8-18(16)27-4/h5-12H,1-4H3,(H,25,26)(H,22,23,24). The number of amides is 1. The van der Waals surface area contributed by atoms with Gasteiger partial charge in [0.15, 0.2) is 0 Å². The lowest BCUT2D eigenvalue weighted by Gasteiger charge is -2.13. The van der Waals surface area contributed by atoms with E-state index in [0.29, 0.717) is 11.7 Å². The second-order valence-corrected chi connectivity index (χ2v) is 6.32. The molecular formula is C21H22N4O2. The van der Waals surface area contributed by atoms with E-state index in [-0.39, 0.29) is 11.6 Å². The minimum Gasteiger partial charge on any atom is -0.495 e. The number of nitrogens with zero attached hydrogens (tertiary/aromatic N) is 2. The van der Waals surface area contributed by atoms with E-state index in [1.165, 1.54) is 0 Å². The molecule has 0 saturated carbocycles. The number of anilines is 3. The molecule has 0 saturated heterocycles. The summed E-state index contributed by atoms with van der Waals surface area (Å²) in [6.07, 6.45) is 1.55. The Hall–Kier alpha value is -3.41. The number of carbonyl (C=O) groups excluding carboxylic acids is 1. The fraction of sp³-hybridized carbons (Fsp3) is 0.190. The van der Waals surface area contributed by atoms with Crippen LogP contribution in [-0.2, 0) is 0 Å². The highest BCUT2D eigenvalue weighted by atomic mass is 16.5. The van der Waals surface area contributed by atoms with Gasteiger partial charge in [-0.3, -0.25) is 4.79 Å². The zero-order valence-electron chi connectivity index (χ0n) is 15.8. The van der Waals surface area contributed by atoms with Crippen molar-refractivity contribution >= 4 is 23.2 Å². The van der Waals surface area contributed by atoms with Gasteiger partial charge in [0.1, 0.15) is 11.4 Å². The average molecular weight is 362 g/mol. The van der Waals surface area contributed by atoms with Gasteiger partial charge in [0, 0.05) is 11.9 Å². The van der Waals surface area contributed by atoms with E-state index in [9.17, 15) is 4.79 Å². The monoisotopic (exact) mass is 362 g/mol. The summed E-state index contributed by atoms with van der Waals surface area (Å²) in [5.41, 5.74) is 5.01. The molecule has 3 aromatic rings. The predicted octanol–water partition coefficient (Wildman–Crippen LogP) is 4.41. The lowest BCUT2D eigenvalue weighted by molar-refractivity contribution is 0.102. The van der Waals surface area contributed by atoms with E-state index in [1.807, 2.05) is 57.2 Å². The van der Waals surface area contributed by atoms with Crippen LogP contribution in [0.25, 0.3) is 0 Å². The number of aryl methyl sites for hydroxylation is 3. The number of hydrogen-bond donors (Lipinski definition) is 2. The van der Waals surface area contributed by atoms with E-state index in [4.69, 9.17) is 4.74 Å². The topological polar surface area (TPSA) is 76.1 Å². The van der Waals surface area contributed by atoms with Gasteiger partial charge in [0.2, 0.25) is 5.95 Å². The van der Waals surface area contributed by atoms with Crippen molar-refractivity contribution in [1.29, 1.82) is 0 Å². The number of rotatable bonds is 5. The number of aromatic nitrogens is 2. The first kappa shape index (κ1) is 18.4. The van der Waals surface area contributed by atoms with Gasteiger partial charge in [0.05, 0.1) is 12.8 Å². The lowest BCUT2D eigenvalue weighted by atomic mass is 10.1. The Labute approximate surface area is 158 Å². The maximum atomic E-state index is 12.7. The Morgan fingerprint density at radius 1 is 1.04 bits per heavy atom. The van der Waals surface area contributed by atoms with Crippen molar-refractivity contribution in [2.45, 2.75) is 20.8 Å². The zero-order chi connectivity index (χ0) is 19.4. The Bertz CT molecular complexity index is 962. The molecule has 0 atom stereocenters. The predicted molar refractivity (Wildman–Crippen MR) is 107 cm³/mol. The molecule has 0 fully saturated rings. The molecule has 0 unspecified atom stereocenters. The van der Waals surface area contributed by atoms with Crippen LogP contribution >= 0.6 is 0 Å². The van der Waals surface area contributed by atoms with Gasteiger partial charge in [-0.1, -0.05) is 29.8 Å². The molecule has 0 aliphatic carbocycles. The lowest BCUT2D eigenvalue weighted by Crippen LogP contribution is -2.16. The molecular weight excluding hydrogens is 340 g/mol. The van der Waals surface area contributed by atoms with Gasteiger partial charge < -0.3 is 15.4 Å². The zero-order valence-corrected chi connectivity index (χ0v) is 15.8. The van der Waals surface area contributed by atoms with Gasteiger partial charge in [-0.05, 0) is 50.1 Å². The van der Waals surface area contributed by atoms with Crippen LogP contribution in [0.15, 0.2) is 48.7 Å². The third-order valence-corrected chi connectivity index (χ3v) is 4.16. The van der Waals surface area contributed by atoms with E-state index in [0.717, 1.165) is 28.1 Å². The molecule has 138 valence electrons. The molecule has 6 heteroatoms. The van der Waals surface area contributed by atoms with E-state index >= 15 is 0 Å². The van der Waals surface area contributed by atoms with Gasteiger partial charge in [-0.25, -0.2) is 9.97 Å². The Morgan fingerprint density at radius 2 is 1.74 bits per heavy atom. The Balaban J connectivity index is 1.82. The maximum absolute atomic E-state index is 12.7. The summed E-state index contributed by atoms with van der Waals surface area (Å²) in [5, 5.41) is 6.04. The normalized spacial score (nSPS) is 10.4. The summed E-state index contributed by atoms with van der Waals surface area (Å²) in [7, 11) is 1.59. The number of nitrogens with one attached hydrogen (secondary N) is 2.